The lowest BCUT2D eigenvalue weighted by molar-refractivity contribution is -0.274. The second kappa shape index (κ2) is 12.1. The Kier molecular flexibility index (Phi) is 9.19. The van der Waals surface area contributed by atoms with Crippen molar-refractivity contribution in [2.24, 2.45) is 0 Å². The number of carbonyl (C=O) groups excluding carboxylic acids is 3. The molecule has 1 N–H and O–H groups in total. The van der Waals surface area contributed by atoms with Gasteiger partial charge in [0.1, 0.15) is 11.8 Å². The molecule has 1 unspecified atom stereocenters. The molecule has 3 rings (SSSR count). The van der Waals surface area contributed by atoms with Crippen molar-refractivity contribution < 1.29 is 37.0 Å². The fourth-order valence-electron chi connectivity index (χ4n) is 4.07. The lowest BCUT2D eigenvalue weighted by atomic mass is 10.00. The van der Waals surface area contributed by atoms with E-state index in [1.807, 2.05) is 0 Å². The molecule has 0 radical (unpaired) electrons. The third kappa shape index (κ3) is 7.36. The van der Waals surface area contributed by atoms with Crippen LogP contribution in [-0.4, -0.2) is 48.7 Å². The summed E-state index contributed by atoms with van der Waals surface area (Å²) in [5.74, 6) is -1.40. The highest BCUT2D eigenvalue weighted by molar-refractivity contribution is 6.33. The zero-order valence-electron chi connectivity index (χ0n) is 19.6. The molecule has 1 aliphatic rings. The van der Waals surface area contributed by atoms with Crippen LogP contribution in [0.2, 0.25) is 5.02 Å². The molecule has 11 heteroatoms. The van der Waals surface area contributed by atoms with E-state index in [4.69, 9.17) is 11.6 Å². The van der Waals surface area contributed by atoms with Crippen LogP contribution in [0.4, 0.5) is 18.9 Å². The predicted octanol–water partition coefficient (Wildman–Crippen LogP) is 5.57. The molecule has 0 saturated carbocycles. The van der Waals surface area contributed by atoms with Crippen molar-refractivity contribution in [3.63, 3.8) is 0 Å². The summed E-state index contributed by atoms with van der Waals surface area (Å²) in [5, 5.41) is 2.87. The number of methoxy groups -OCH3 is 1. The summed E-state index contributed by atoms with van der Waals surface area (Å²) in [4.78, 5) is 38.5. The maximum Gasteiger partial charge on any atom is 0.573 e. The van der Waals surface area contributed by atoms with Gasteiger partial charge < -0.3 is 19.7 Å². The number of nitrogens with one attached hydrogen (secondary N) is 1. The number of ether oxygens (including phenoxy) is 2. The Bertz CT molecular complexity index is 1110. The highest BCUT2D eigenvalue weighted by Gasteiger charge is 2.33. The van der Waals surface area contributed by atoms with Crippen LogP contribution in [0.25, 0.3) is 11.1 Å². The van der Waals surface area contributed by atoms with Crippen molar-refractivity contribution in [1.82, 2.24) is 4.90 Å². The molecule has 0 spiro atoms. The van der Waals surface area contributed by atoms with Crippen molar-refractivity contribution in [1.29, 1.82) is 0 Å². The topological polar surface area (TPSA) is 84.9 Å². The average Bonchev–Trinajstić information content (AvgIpc) is 2.83. The van der Waals surface area contributed by atoms with Crippen LogP contribution >= 0.6 is 11.6 Å². The third-order valence-corrected chi connectivity index (χ3v) is 6.08. The Morgan fingerprint density at radius 1 is 1.08 bits per heavy atom. The molecule has 0 aromatic heterocycles. The predicted molar refractivity (Wildman–Crippen MR) is 127 cm³/mol. The Morgan fingerprint density at radius 3 is 2.53 bits per heavy atom. The minimum Gasteiger partial charge on any atom is -0.469 e. The number of nitrogens with zero attached hydrogens (tertiary/aromatic N) is 1. The van der Waals surface area contributed by atoms with Gasteiger partial charge in [-0.3, -0.25) is 14.4 Å². The van der Waals surface area contributed by atoms with Crippen LogP contribution in [0.5, 0.6) is 5.75 Å². The van der Waals surface area contributed by atoms with E-state index in [0.29, 0.717) is 30.6 Å². The molecule has 36 heavy (non-hydrogen) atoms. The number of halogens is 4. The van der Waals surface area contributed by atoms with Crippen molar-refractivity contribution in [3.8, 4) is 16.9 Å². The van der Waals surface area contributed by atoms with Crippen molar-refractivity contribution in [2.75, 3.05) is 19.0 Å². The number of benzene rings is 2. The normalized spacial score (nSPS) is 15.8. The van der Waals surface area contributed by atoms with Crippen LogP contribution < -0.4 is 10.1 Å². The summed E-state index contributed by atoms with van der Waals surface area (Å²) in [5.41, 5.74) is 0.787. The lowest BCUT2D eigenvalue weighted by Crippen LogP contribution is -2.50. The third-order valence-electron chi connectivity index (χ3n) is 5.76. The number of alkyl halides is 3. The van der Waals surface area contributed by atoms with E-state index in [2.05, 4.69) is 14.8 Å². The number of likely N-dealkylation sites (tertiary alicyclic amines) is 1. The van der Waals surface area contributed by atoms with Gasteiger partial charge in [0.15, 0.2) is 0 Å². The largest absolute Gasteiger partial charge is 0.573 e. The summed E-state index contributed by atoms with van der Waals surface area (Å²) in [6, 6.07) is 9.39. The molecule has 2 aromatic carbocycles. The van der Waals surface area contributed by atoms with Crippen LogP contribution in [0.3, 0.4) is 0 Å². The Labute approximate surface area is 211 Å². The van der Waals surface area contributed by atoms with Gasteiger partial charge in [0.05, 0.1) is 12.1 Å². The SMILES string of the molecule is COC(=O)CCCC(=O)N1CCCCC1C(=O)Nc1ccc(-c2ccccc2OC(F)(F)F)c(Cl)c1. The molecule has 1 fully saturated rings. The van der Waals surface area contributed by atoms with Crippen molar-refractivity contribution in [3.05, 3.63) is 47.5 Å². The summed E-state index contributed by atoms with van der Waals surface area (Å²) in [6.07, 6.45) is -2.26. The number of esters is 1. The van der Waals surface area contributed by atoms with Crippen LogP contribution in [0.15, 0.2) is 42.5 Å². The van der Waals surface area contributed by atoms with Gasteiger partial charge in [-0.15, -0.1) is 13.2 Å². The van der Waals surface area contributed by atoms with Crippen molar-refractivity contribution in [2.45, 2.75) is 50.9 Å². The molecule has 1 heterocycles. The number of anilines is 1. The molecule has 1 atom stereocenters. The van der Waals surface area contributed by atoms with E-state index in [0.717, 1.165) is 12.8 Å². The first-order valence-corrected chi connectivity index (χ1v) is 11.8. The van der Waals surface area contributed by atoms with Crippen LogP contribution in [0.1, 0.15) is 38.5 Å². The first-order chi connectivity index (χ1) is 17.1. The Morgan fingerprint density at radius 2 is 1.83 bits per heavy atom. The molecule has 0 aliphatic carbocycles. The molecule has 7 nitrogen and oxygen atoms in total. The van der Waals surface area contributed by atoms with Gasteiger partial charge >= 0.3 is 12.3 Å². The summed E-state index contributed by atoms with van der Waals surface area (Å²) in [7, 11) is 1.28. The summed E-state index contributed by atoms with van der Waals surface area (Å²) >= 11 is 6.36. The fraction of sp³-hybridized carbons (Fsp3) is 0.400. The smallest absolute Gasteiger partial charge is 0.469 e. The molecule has 1 aliphatic heterocycles. The summed E-state index contributed by atoms with van der Waals surface area (Å²) < 4.78 is 47.0. The number of rotatable bonds is 8. The highest BCUT2D eigenvalue weighted by Crippen LogP contribution is 2.38. The lowest BCUT2D eigenvalue weighted by Gasteiger charge is -2.34. The van der Waals surface area contributed by atoms with E-state index in [1.54, 1.807) is 6.07 Å². The van der Waals surface area contributed by atoms with Crippen molar-refractivity contribution >= 4 is 35.1 Å². The first kappa shape index (κ1) is 27.3. The van der Waals surface area contributed by atoms with Gasteiger partial charge in [-0.05, 0) is 43.9 Å². The number of carbonyl (C=O) groups is 3. The van der Waals surface area contributed by atoms with Gasteiger partial charge in [0.25, 0.3) is 0 Å². The zero-order chi connectivity index (χ0) is 26.3. The van der Waals surface area contributed by atoms with Gasteiger partial charge in [0, 0.05) is 36.2 Å². The van der Waals surface area contributed by atoms with Gasteiger partial charge in [-0.25, -0.2) is 0 Å². The molecule has 2 aromatic rings. The Balaban J connectivity index is 1.71. The van der Waals surface area contributed by atoms with Crippen LogP contribution in [-0.2, 0) is 19.1 Å². The van der Waals surface area contributed by atoms with E-state index in [9.17, 15) is 27.6 Å². The number of amides is 2. The second-order valence-corrected chi connectivity index (χ2v) is 8.66. The average molecular weight is 527 g/mol. The summed E-state index contributed by atoms with van der Waals surface area (Å²) in [6.45, 7) is 0.435. The van der Waals surface area contributed by atoms with E-state index >= 15 is 0 Å². The monoisotopic (exact) mass is 526 g/mol. The minimum atomic E-state index is -4.86. The molecular weight excluding hydrogens is 501 g/mol. The second-order valence-electron chi connectivity index (χ2n) is 8.26. The molecule has 1 saturated heterocycles. The maximum atomic E-state index is 13.0. The van der Waals surface area contributed by atoms with E-state index < -0.39 is 24.1 Å². The molecule has 2 amide bonds. The highest BCUT2D eigenvalue weighted by atomic mass is 35.5. The van der Waals surface area contributed by atoms with Gasteiger partial charge in [-0.1, -0.05) is 35.9 Å². The van der Waals surface area contributed by atoms with E-state index in [1.165, 1.54) is 48.4 Å². The van der Waals surface area contributed by atoms with Crippen LogP contribution in [0, 0.1) is 0 Å². The Hall–Kier alpha value is -3.27. The molecule has 0 bridgehead atoms. The first-order valence-electron chi connectivity index (χ1n) is 11.4. The molecular formula is C25H26ClF3N2O5. The van der Waals surface area contributed by atoms with Gasteiger partial charge in [0.2, 0.25) is 11.8 Å². The fourth-order valence-corrected chi connectivity index (χ4v) is 4.35. The quantitative estimate of drug-likeness (QED) is 0.455. The maximum absolute atomic E-state index is 13.0. The zero-order valence-corrected chi connectivity index (χ0v) is 20.3. The number of para-hydroxylation sites is 1. The molecule has 194 valence electrons. The number of hydrogen-bond donors (Lipinski definition) is 1. The van der Waals surface area contributed by atoms with E-state index in [-0.39, 0.29) is 35.2 Å². The number of piperidine rings is 1. The number of hydrogen-bond acceptors (Lipinski definition) is 5. The minimum absolute atomic E-state index is 0.116. The van der Waals surface area contributed by atoms with Gasteiger partial charge in [-0.2, -0.15) is 0 Å². The standard InChI is InChI=1S/C25H26ClF3N2O5/c1-35-23(33)11-6-10-22(32)31-14-5-4-8-20(31)24(34)30-16-12-13-17(19(26)15-16)18-7-2-3-9-21(18)36-25(27,28)29/h2-3,7,9,12-13,15,20H,4-6,8,10-11,14H2,1H3,(H,30,34).